The number of guanidine groups is 1. The highest BCUT2D eigenvalue weighted by atomic mass is 127. The van der Waals surface area contributed by atoms with E-state index in [1.54, 1.807) is 0 Å². The summed E-state index contributed by atoms with van der Waals surface area (Å²) in [4.78, 5) is 4.29. The predicted molar refractivity (Wildman–Crippen MR) is 98.2 cm³/mol. The first-order chi connectivity index (χ1) is 9.84. The van der Waals surface area contributed by atoms with Crippen LogP contribution in [-0.4, -0.2) is 32.3 Å². The van der Waals surface area contributed by atoms with E-state index in [-0.39, 0.29) is 24.0 Å². The minimum absolute atomic E-state index is 0. The van der Waals surface area contributed by atoms with Gasteiger partial charge in [-0.15, -0.1) is 24.0 Å². The van der Waals surface area contributed by atoms with Crippen molar-refractivity contribution in [3.63, 3.8) is 0 Å². The molecular weight excluding hydrogens is 377 g/mol. The molecule has 1 aliphatic rings. The zero-order valence-electron chi connectivity index (χ0n) is 12.5. The number of halogens is 1. The Morgan fingerprint density at radius 1 is 1.29 bits per heavy atom. The lowest BCUT2D eigenvalue weighted by molar-refractivity contribution is 0.123. The molecule has 0 radical (unpaired) electrons. The second kappa shape index (κ2) is 10.8. The number of hydrogen-bond donors (Lipinski definition) is 2. The summed E-state index contributed by atoms with van der Waals surface area (Å²) in [7, 11) is 0. The maximum absolute atomic E-state index is 5.81. The minimum Gasteiger partial charge on any atom is -0.381 e. The van der Waals surface area contributed by atoms with Gasteiger partial charge in [0.15, 0.2) is 5.96 Å². The van der Waals surface area contributed by atoms with Gasteiger partial charge in [-0.3, -0.25) is 4.99 Å². The maximum atomic E-state index is 5.81. The summed E-state index contributed by atoms with van der Waals surface area (Å²) in [6.07, 6.45) is 4.59. The summed E-state index contributed by atoms with van der Waals surface area (Å²) in [5.41, 5.74) is 7.12. The van der Waals surface area contributed by atoms with Crippen LogP contribution in [0.5, 0.6) is 0 Å². The standard InChI is InChI=1S/C16H25N3O.HI/c17-16(18-10-4-12-20-13-15-7-8-15)19-11-9-14-5-2-1-3-6-14;/h1-3,5-6,15H,4,7-13H2,(H3,17,18,19);1H. The number of benzene rings is 1. The van der Waals surface area contributed by atoms with Gasteiger partial charge in [-0.05, 0) is 37.2 Å². The van der Waals surface area contributed by atoms with Crippen LogP contribution >= 0.6 is 24.0 Å². The molecule has 0 heterocycles. The summed E-state index contributed by atoms with van der Waals surface area (Å²) in [6, 6.07) is 10.4. The molecule has 0 spiro atoms. The molecule has 0 atom stereocenters. The predicted octanol–water partition coefficient (Wildman–Crippen LogP) is 2.57. The summed E-state index contributed by atoms with van der Waals surface area (Å²) in [5, 5.41) is 3.14. The van der Waals surface area contributed by atoms with Crippen LogP contribution in [0.15, 0.2) is 35.3 Å². The number of ether oxygens (including phenoxy) is 1. The molecule has 0 bridgehead atoms. The molecule has 0 unspecified atom stereocenters. The van der Waals surface area contributed by atoms with E-state index in [0.29, 0.717) is 5.96 Å². The zero-order chi connectivity index (χ0) is 14.0. The Hall–Kier alpha value is -0.820. The number of nitrogens with zero attached hydrogens (tertiary/aromatic N) is 1. The largest absolute Gasteiger partial charge is 0.381 e. The van der Waals surface area contributed by atoms with E-state index in [9.17, 15) is 0 Å². The molecule has 118 valence electrons. The Morgan fingerprint density at radius 2 is 2.05 bits per heavy atom. The lowest BCUT2D eigenvalue weighted by Gasteiger charge is -2.06. The van der Waals surface area contributed by atoms with Gasteiger partial charge >= 0.3 is 0 Å². The van der Waals surface area contributed by atoms with Crippen molar-refractivity contribution in [2.75, 3.05) is 26.3 Å². The number of nitrogens with two attached hydrogens (primary N) is 1. The highest BCUT2D eigenvalue weighted by molar-refractivity contribution is 14.0. The summed E-state index contributed by atoms with van der Waals surface area (Å²) in [5.74, 6) is 1.37. The average Bonchev–Trinajstić information content (AvgIpc) is 3.28. The third-order valence-electron chi connectivity index (χ3n) is 3.34. The number of nitrogens with one attached hydrogen (secondary N) is 1. The van der Waals surface area contributed by atoms with Gasteiger partial charge in [-0.1, -0.05) is 30.3 Å². The lowest BCUT2D eigenvalue weighted by atomic mass is 10.1. The van der Waals surface area contributed by atoms with Gasteiger partial charge in [0, 0.05) is 26.3 Å². The van der Waals surface area contributed by atoms with Crippen LogP contribution in [0.3, 0.4) is 0 Å². The van der Waals surface area contributed by atoms with E-state index in [0.717, 1.165) is 45.1 Å². The van der Waals surface area contributed by atoms with Crippen molar-refractivity contribution in [2.45, 2.75) is 25.7 Å². The molecule has 0 aliphatic heterocycles. The van der Waals surface area contributed by atoms with E-state index in [1.165, 1.54) is 18.4 Å². The third-order valence-corrected chi connectivity index (χ3v) is 3.34. The Bertz CT molecular complexity index is 407. The van der Waals surface area contributed by atoms with Gasteiger partial charge in [-0.25, -0.2) is 0 Å². The molecule has 0 aromatic heterocycles. The minimum atomic E-state index is 0. The van der Waals surface area contributed by atoms with Crippen molar-refractivity contribution in [1.82, 2.24) is 5.32 Å². The van der Waals surface area contributed by atoms with Gasteiger partial charge in [0.05, 0.1) is 0 Å². The van der Waals surface area contributed by atoms with Crippen LogP contribution in [0.2, 0.25) is 0 Å². The molecule has 1 aromatic rings. The first-order valence-electron chi connectivity index (χ1n) is 7.50. The second-order valence-electron chi connectivity index (χ2n) is 5.30. The molecule has 1 saturated carbocycles. The van der Waals surface area contributed by atoms with Crippen LogP contribution in [0.25, 0.3) is 0 Å². The monoisotopic (exact) mass is 403 g/mol. The second-order valence-corrected chi connectivity index (χ2v) is 5.30. The zero-order valence-corrected chi connectivity index (χ0v) is 14.8. The molecule has 2 rings (SSSR count). The summed E-state index contributed by atoms with van der Waals surface area (Å²) >= 11 is 0. The Balaban J connectivity index is 0.00000220. The van der Waals surface area contributed by atoms with Gasteiger partial charge in [-0.2, -0.15) is 0 Å². The molecule has 1 aliphatic carbocycles. The van der Waals surface area contributed by atoms with Crippen LogP contribution in [0, 0.1) is 5.92 Å². The van der Waals surface area contributed by atoms with Crippen LogP contribution < -0.4 is 11.1 Å². The molecule has 21 heavy (non-hydrogen) atoms. The fraction of sp³-hybridized carbons (Fsp3) is 0.562. The summed E-state index contributed by atoms with van der Waals surface area (Å²) in [6.45, 7) is 3.26. The van der Waals surface area contributed by atoms with Gasteiger partial charge in [0.2, 0.25) is 0 Å². The molecule has 0 amide bonds. The Labute approximate surface area is 144 Å². The first-order valence-corrected chi connectivity index (χ1v) is 7.50. The molecule has 3 N–H and O–H groups in total. The van der Waals surface area contributed by atoms with E-state index in [4.69, 9.17) is 10.5 Å². The molecule has 5 heteroatoms. The van der Waals surface area contributed by atoms with Gasteiger partial charge in [0.1, 0.15) is 0 Å². The van der Waals surface area contributed by atoms with Crippen molar-refractivity contribution >= 4 is 29.9 Å². The Morgan fingerprint density at radius 3 is 2.76 bits per heavy atom. The van der Waals surface area contributed by atoms with E-state index in [2.05, 4.69) is 34.6 Å². The quantitative estimate of drug-likeness (QED) is 0.288. The van der Waals surface area contributed by atoms with E-state index >= 15 is 0 Å². The fourth-order valence-electron chi connectivity index (χ4n) is 1.94. The highest BCUT2D eigenvalue weighted by Gasteiger charge is 2.20. The van der Waals surface area contributed by atoms with Crippen LogP contribution in [-0.2, 0) is 11.2 Å². The van der Waals surface area contributed by atoms with Gasteiger partial charge in [0.25, 0.3) is 0 Å². The van der Waals surface area contributed by atoms with Crippen molar-refractivity contribution in [3.05, 3.63) is 35.9 Å². The van der Waals surface area contributed by atoms with Crippen molar-refractivity contribution in [1.29, 1.82) is 0 Å². The third kappa shape index (κ3) is 8.93. The topological polar surface area (TPSA) is 59.6 Å². The number of rotatable bonds is 9. The van der Waals surface area contributed by atoms with Crippen molar-refractivity contribution in [2.24, 2.45) is 16.6 Å². The maximum Gasteiger partial charge on any atom is 0.188 e. The lowest BCUT2D eigenvalue weighted by Crippen LogP contribution is -2.33. The van der Waals surface area contributed by atoms with Crippen molar-refractivity contribution in [3.8, 4) is 0 Å². The van der Waals surface area contributed by atoms with Crippen LogP contribution in [0.4, 0.5) is 0 Å². The molecule has 4 nitrogen and oxygen atoms in total. The molecule has 1 fully saturated rings. The van der Waals surface area contributed by atoms with E-state index in [1.807, 2.05) is 6.07 Å². The van der Waals surface area contributed by atoms with E-state index < -0.39 is 0 Å². The number of hydrogen-bond acceptors (Lipinski definition) is 2. The summed E-state index contributed by atoms with van der Waals surface area (Å²) < 4.78 is 5.55. The van der Waals surface area contributed by atoms with Gasteiger partial charge < -0.3 is 15.8 Å². The first kappa shape index (κ1) is 18.2. The highest BCUT2D eigenvalue weighted by Crippen LogP contribution is 2.28. The molecule has 1 aromatic carbocycles. The molecule has 0 saturated heterocycles. The Kier molecular flexibility index (Phi) is 9.41. The smallest absolute Gasteiger partial charge is 0.188 e. The van der Waals surface area contributed by atoms with Crippen LogP contribution in [0.1, 0.15) is 24.8 Å². The normalized spacial score (nSPS) is 14.6. The SMILES string of the molecule is I.NC(=NCCCOCC1CC1)NCCc1ccccc1. The fourth-order valence-corrected chi connectivity index (χ4v) is 1.94. The van der Waals surface area contributed by atoms with Crippen molar-refractivity contribution < 1.29 is 4.74 Å². The average molecular weight is 403 g/mol. The number of aliphatic imine (C=N–C) groups is 1. The molecular formula is C16H26IN3O.